The van der Waals surface area contributed by atoms with Crippen LogP contribution in [-0.4, -0.2) is 14.8 Å². The Bertz CT molecular complexity index is 244. The number of aryl methyl sites for hydroxylation is 2. The fourth-order valence-corrected chi connectivity index (χ4v) is 1.19. The van der Waals surface area contributed by atoms with Gasteiger partial charge in [-0.3, -0.25) is 4.68 Å². The van der Waals surface area contributed by atoms with Gasteiger partial charge in [-0.15, -0.1) is 0 Å². The predicted octanol–water partition coefficient (Wildman–Crippen LogP) is 0.363. The average molecular weight is 155 g/mol. The normalized spacial score (nSPS) is 9.80. The van der Waals surface area contributed by atoms with Crippen LogP contribution in [0.15, 0.2) is 6.20 Å². The van der Waals surface area contributed by atoms with Crippen molar-refractivity contribution < 1.29 is 0 Å². The zero-order chi connectivity index (χ0) is 7.72. The van der Waals surface area contributed by atoms with E-state index in [9.17, 15) is 0 Å². The fourth-order valence-electron chi connectivity index (χ4n) is 0.901. The molecule has 0 radical (unpaired) electrons. The smallest absolute Gasteiger partial charge is 0.122 e. The average Bonchev–Trinajstić information content (AvgIpc) is 2.11. The van der Waals surface area contributed by atoms with E-state index in [1.165, 1.54) is 0 Å². The second-order valence-corrected chi connectivity index (χ2v) is 2.60. The van der Waals surface area contributed by atoms with Crippen molar-refractivity contribution in [2.24, 2.45) is 12.8 Å². The Balaban J connectivity index is 3.23. The molecule has 0 atom stereocenters. The zero-order valence-corrected chi connectivity index (χ0v) is 6.77. The van der Waals surface area contributed by atoms with Gasteiger partial charge >= 0.3 is 0 Å². The molecule has 1 aromatic heterocycles. The van der Waals surface area contributed by atoms with Gasteiger partial charge in [0.25, 0.3) is 0 Å². The van der Waals surface area contributed by atoms with Gasteiger partial charge in [-0.2, -0.15) is 5.10 Å². The van der Waals surface area contributed by atoms with E-state index in [0.717, 1.165) is 11.3 Å². The van der Waals surface area contributed by atoms with Crippen molar-refractivity contribution >= 4 is 17.2 Å². The van der Waals surface area contributed by atoms with Crippen LogP contribution < -0.4 is 5.73 Å². The maximum absolute atomic E-state index is 5.43. The van der Waals surface area contributed by atoms with Gasteiger partial charge in [0.05, 0.1) is 11.9 Å². The number of nitrogens with zero attached hydrogens (tertiary/aromatic N) is 2. The van der Waals surface area contributed by atoms with Crippen LogP contribution in [0.2, 0.25) is 0 Å². The lowest BCUT2D eigenvalue weighted by atomic mass is 10.3. The number of hydrogen-bond acceptors (Lipinski definition) is 2. The van der Waals surface area contributed by atoms with Crippen molar-refractivity contribution in [3.05, 3.63) is 17.5 Å². The van der Waals surface area contributed by atoms with E-state index in [1.54, 1.807) is 10.9 Å². The summed E-state index contributed by atoms with van der Waals surface area (Å²) in [7, 11) is 1.82. The molecule has 3 nitrogen and oxygen atoms in total. The minimum absolute atomic E-state index is 0.400. The maximum Gasteiger partial charge on any atom is 0.122 e. The van der Waals surface area contributed by atoms with Crippen molar-refractivity contribution in [3.8, 4) is 0 Å². The summed E-state index contributed by atoms with van der Waals surface area (Å²) < 4.78 is 1.68. The van der Waals surface area contributed by atoms with E-state index in [2.05, 4.69) is 5.10 Å². The van der Waals surface area contributed by atoms with Gasteiger partial charge in [-0.05, 0) is 12.5 Å². The van der Waals surface area contributed by atoms with E-state index < -0.39 is 0 Å². The molecule has 0 aliphatic carbocycles. The first-order chi connectivity index (χ1) is 4.63. The zero-order valence-electron chi connectivity index (χ0n) is 5.96. The molecule has 0 aliphatic rings. The van der Waals surface area contributed by atoms with Crippen molar-refractivity contribution in [2.45, 2.75) is 6.92 Å². The molecule has 54 valence electrons. The van der Waals surface area contributed by atoms with Gasteiger partial charge < -0.3 is 5.73 Å². The molecule has 2 N–H and O–H groups in total. The Morgan fingerprint density at radius 2 is 2.40 bits per heavy atom. The first-order valence-corrected chi connectivity index (χ1v) is 3.32. The molecule has 1 heterocycles. The van der Waals surface area contributed by atoms with Crippen LogP contribution in [0.3, 0.4) is 0 Å². The Labute approximate surface area is 64.8 Å². The van der Waals surface area contributed by atoms with Gasteiger partial charge in [0, 0.05) is 7.05 Å². The molecule has 1 aromatic rings. The third kappa shape index (κ3) is 1.02. The lowest BCUT2D eigenvalue weighted by Gasteiger charge is -1.98. The van der Waals surface area contributed by atoms with Crippen LogP contribution in [0.5, 0.6) is 0 Å². The second-order valence-electron chi connectivity index (χ2n) is 2.16. The quantitative estimate of drug-likeness (QED) is 0.596. The fraction of sp³-hybridized carbons (Fsp3) is 0.333. The van der Waals surface area contributed by atoms with Crippen LogP contribution in [0.25, 0.3) is 0 Å². The van der Waals surface area contributed by atoms with Gasteiger partial charge in [0.1, 0.15) is 4.99 Å². The van der Waals surface area contributed by atoms with E-state index in [4.69, 9.17) is 18.0 Å². The highest BCUT2D eigenvalue weighted by Gasteiger charge is 2.05. The molecule has 0 saturated carbocycles. The van der Waals surface area contributed by atoms with Gasteiger partial charge in [0.2, 0.25) is 0 Å². The number of hydrogen-bond donors (Lipinski definition) is 1. The minimum Gasteiger partial charge on any atom is -0.388 e. The van der Waals surface area contributed by atoms with E-state index >= 15 is 0 Å². The van der Waals surface area contributed by atoms with Gasteiger partial charge in [0.15, 0.2) is 0 Å². The highest BCUT2D eigenvalue weighted by molar-refractivity contribution is 7.80. The van der Waals surface area contributed by atoms with Crippen LogP contribution in [0, 0.1) is 6.92 Å². The summed E-state index contributed by atoms with van der Waals surface area (Å²) in [5.74, 6) is 0. The molecule has 1 rings (SSSR count). The van der Waals surface area contributed by atoms with E-state index in [0.29, 0.717) is 4.99 Å². The Hall–Kier alpha value is -0.900. The molecule has 0 fully saturated rings. The van der Waals surface area contributed by atoms with Crippen LogP contribution in [-0.2, 0) is 7.05 Å². The second kappa shape index (κ2) is 2.38. The molecule has 0 aromatic carbocycles. The number of thiocarbonyl (C=S) groups is 1. The van der Waals surface area contributed by atoms with Crippen LogP contribution in [0.4, 0.5) is 0 Å². The Morgan fingerprint density at radius 1 is 1.80 bits per heavy atom. The lowest BCUT2D eigenvalue weighted by Crippen LogP contribution is -2.15. The number of aromatic nitrogens is 2. The SMILES string of the molecule is Cc1cnn(C)c1C(N)=S. The molecule has 10 heavy (non-hydrogen) atoms. The number of nitrogens with two attached hydrogens (primary N) is 1. The monoisotopic (exact) mass is 155 g/mol. The molecule has 0 unspecified atom stereocenters. The van der Waals surface area contributed by atoms with E-state index in [1.807, 2.05) is 14.0 Å². The third-order valence-corrected chi connectivity index (χ3v) is 1.55. The molecular weight excluding hydrogens is 146 g/mol. The minimum atomic E-state index is 0.400. The highest BCUT2D eigenvalue weighted by atomic mass is 32.1. The summed E-state index contributed by atoms with van der Waals surface area (Å²) in [5.41, 5.74) is 7.30. The summed E-state index contributed by atoms with van der Waals surface area (Å²) in [5, 5.41) is 3.99. The predicted molar refractivity (Wildman–Crippen MR) is 43.8 cm³/mol. The summed E-state index contributed by atoms with van der Waals surface area (Å²) in [6, 6.07) is 0. The largest absolute Gasteiger partial charge is 0.388 e. The first kappa shape index (κ1) is 7.21. The summed E-state index contributed by atoms with van der Waals surface area (Å²) in [6.45, 7) is 1.93. The van der Waals surface area contributed by atoms with E-state index in [-0.39, 0.29) is 0 Å². The van der Waals surface area contributed by atoms with Gasteiger partial charge in [-0.25, -0.2) is 0 Å². The highest BCUT2D eigenvalue weighted by Crippen LogP contribution is 2.03. The maximum atomic E-state index is 5.43. The third-order valence-electron chi connectivity index (χ3n) is 1.36. The summed E-state index contributed by atoms with van der Waals surface area (Å²) in [4.78, 5) is 0.400. The summed E-state index contributed by atoms with van der Waals surface area (Å²) in [6.07, 6.45) is 1.74. The molecule has 0 aliphatic heterocycles. The van der Waals surface area contributed by atoms with Crippen LogP contribution >= 0.6 is 12.2 Å². The van der Waals surface area contributed by atoms with Gasteiger partial charge in [-0.1, -0.05) is 12.2 Å². The molecule has 0 saturated heterocycles. The standard InChI is InChI=1S/C6H9N3S/c1-4-3-8-9(2)5(4)6(7)10/h3H,1-2H3,(H2,7,10). The Kier molecular flexibility index (Phi) is 1.72. The molecular formula is C6H9N3S. The molecule has 0 bridgehead atoms. The van der Waals surface area contributed by atoms with Crippen molar-refractivity contribution in [2.75, 3.05) is 0 Å². The molecule has 4 heteroatoms. The van der Waals surface area contributed by atoms with Crippen molar-refractivity contribution in [1.29, 1.82) is 0 Å². The van der Waals surface area contributed by atoms with Crippen molar-refractivity contribution in [1.82, 2.24) is 9.78 Å². The summed E-state index contributed by atoms with van der Waals surface area (Å²) >= 11 is 4.81. The topological polar surface area (TPSA) is 43.8 Å². The molecule has 0 amide bonds. The first-order valence-electron chi connectivity index (χ1n) is 2.91. The number of rotatable bonds is 1. The lowest BCUT2D eigenvalue weighted by molar-refractivity contribution is 0.760. The molecule has 0 spiro atoms. The van der Waals surface area contributed by atoms with Crippen molar-refractivity contribution in [3.63, 3.8) is 0 Å². The Morgan fingerprint density at radius 3 is 2.60 bits per heavy atom. The van der Waals surface area contributed by atoms with Crippen LogP contribution in [0.1, 0.15) is 11.3 Å².